The highest BCUT2D eigenvalue weighted by Crippen LogP contribution is 2.31. The van der Waals surface area contributed by atoms with Gasteiger partial charge in [-0.3, -0.25) is 0 Å². The molecule has 1 aromatic carbocycles. The fourth-order valence-electron chi connectivity index (χ4n) is 1.27. The van der Waals surface area contributed by atoms with E-state index in [4.69, 9.17) is 27.9 Å². The van der Waals surface area contributed by atoms with Crippen molar-refractivity contribution in [3.05, 3.63) is 33.8 Å². The number of aliphatic hydroxyl groups is 1. The normalized spacial score (nSPS) is 12.8. The third kappa shape index (κ3) is 3.65. The van der Waals surface area contributed by atoms with E-state index in [9.17, 15) is 5.11 Å². The third-order valence-electron chi connectivity index (χ3n) is 2.08. The van der Waals surface area contributed by atoms with Crippen LogP contribution in [-0.4, -0.2) is 18.3 Å². The van der Waals surface area contributed by atoms with Crippen molar-refractivity contribution in [1.82, 2.24) is 0 Å². The van der Waals surface area contributed by atoms with Crippen LogP contribution < -0.4 is 0 Å². The molecule has 1 aromatic rings. The first-order valence-electron chi connectivity index (χ1n) is 4.86. The highest BCUT2D eigenvalue weighted by molar-refractivity contribution is 6.42. The van der Waals surface area contributed by atoms with Crippen molar-refractivity contribution in [2.45, 2.75) is 19.4 Å². The average molecular weight is 249 g/mol. The average Bonchev–Trinajstić information content (AvgIpc) is 2.22. The molecule has 0 saturated carbocycles. The largest absolute Gasteiger partial charge is 0.388 e. The molecule has 0 fully saturated rings. The SMILES string of the molecule is CCOCCC(O)c1cccc(Cl)c1Cl. The molecule has 0 aliphatic heterocycles. The fraction of sp³-hybridized carbons (Fsp3) is 0.455. The van der Waals surface area contributed by atoms with Crippen molar-refractivity contribution >= 4 is 23.2 Å². The Hall–Kier alpha value is -0.280. The maximum absolute atomic E-state index is 9.83. The van der Waals surface area contributed by atoms with Crippen LogP contribution in [0.1, 0.15) is 25.0 Å². The van der Waals surface area contributed by atoms with Crippen LogP contribution in [0, 0.1) is 0 Å². The Morgan fingerprint density at radius 2 is 2.13 bits per heavy atom. The first-order valence-corrected chi connectivity index (χ1v) is 5.62. The lowest BCUT2D eigenvalue weighted by Crippen LogP contribution is -2.04. The number of benzene rings is 1. The van der Waals surface area contributed by atoms with E-state index in [1.807, 2.05) is 6.92 Å². The second kappa shape index (κ2) is 6.33. The Morgan fingerprint density at radius 1 is 1.40 bits per heavy atom. The van der Waals surface area contributed by atoms with Crippen molar-refractivity contribution in [2.24, 2.45) is 0 Å². The van der Waals surface area contributed by atoms with Crippen LogP contribution in [0.25, 0.3) is 0 Å². The van der Waals surface area contributed by atoms with Gasteiger partial charge in [-0.2, -0.15) is 0 Å². The van der Waals surface area contributed by atoms with Crippen molar-refractivity contribution in [3.63, 3.8) is 0 Å². The smallest absolute Gasteiger partial charge is 0.0826 e. The molecule has 1 rings (SSSR count). The molecule has 0 amide bonds. The lowest BCUT2D eigenvalue weighted by Gasteiger charge is -2.13. The molecule has 2 nitrogen and oxygen atoms in total. The molecular formula is C11H14Cl2O2. The van der Waals surface area contributed by atoms with E-state index < -0.39 is 6.10 Å². The summed E-state index contributed by atoms with van der Waals surface area (Å²) in [6.07, 6.45) is -0.101. The predicted octanol–water partition coefficient (Wildman–Crippen LogP) is 3.45. The van der Waals surface area contributed by atoms with Gasteiger partial charge in [-0.25, -0.2) is 0 Å². The van der Waals surface area contributed by atoms with E-state index in [0.29, 0.717) is 35.2 Å². The van der Waals surface area contributed by atoms with E-state index in [0.717, 1.165) is 0 Å². The standard InChI is InChI=1S/C11H14Cl2O2/c1-2-15-7-6-10(14)8-4-3-5-9(12)11(8)13/h3-5,10,14H,2,6-7H2,1H3. The van der Waals surface area contributed by atoms with Gasteiger partial charge in [-0.05, 0) is 13.0 Å². The molecule has 0 aromatic heterocycles. The summed E-state index contributed by atoms with van der Waals surface area (Å²) < 4.78 is 5.16. The summed E-state index contributed by atoms with van der Waals surface area (Å²) in [6, 6.07) is 5.24. The van der Waals surface area contributed by atoms with E-state index in [1.165, 1.54) is 0 Å². The molecule has 1 N–H and O–H groups in total. The van der Waals surface area contributed by atoms with Gasteiger partial charge in [0.2, 0.25) is 0 Å². The van der Waals surface area contributed by atoms with Crippen molar-refractivity contribution < 1.29 is 9.84 Å². The lowest BCUT2D eigenvalue weighted by atomic mass is 10.1. The summed E-state index contributed by atoms with van der Waals surface area (Å²) in [7, 11) is 0. The van der Waals surface area contributed by atoms with Crippen LogP contribution in [0.2, 0.25) is 10.0 Å². The van der Waals surface area contributed by atoms with Crippen LogP contribution in [0.5, 0.6) is 0 Å². The van der Waals surface area contributed by atoms with Crippen LogP contribution >= 0.6 is 23.2 Å². The van der Waals surface area contributed by atoms with Gasteiger partial charge >= 0.3 is 0 Å². The van der Waals surface area contributed by atoms with Gasteiger partial charge in [0.15, 0.2) is 0 Å². The Balaban J connectivity index is 2.65. The minimum atomic E-state index is -0.622. The number of rotatable bonds is 5. The summed E-state index contributed by atoms with van der Waals surface area (Å²) in [5.74, 6) is 0. The number of ether oxygens (including phenoxy) is 1. The molecule has 0 spiro atoms. The van der Waals surface area contributed by atoms with E-state index in [2.05, 4.69) is 0 Å². The Bertz CT molecular complexity index is 315. The van der Waals surface area contributed by atoms with E-state index >= 15 is 0 Å². The summed E-state index contributed by atoms with van der Waals surface area (Å²) in [5, 5.41) is 10.7. The van der Waals surface area contributed by atoms with Crippen LogP contribution in [-0.2, 0) is 4.74 Å². The van der Waals surface area contributed by atoms with Crippen LogP contribution in [0.3, 0.4) is 0 Å². The van der Waals surface area contributed by atoms with Crippen molar-refractivity contribution in [2.75, 3.05) is 13.2 Å². The van der Waals surface area contributed by atoms with Crippen molar-refractivity contribution in [3.8, 4) is 0 Å². The van der Waals surface area contributed by atoms with Crippen molar-refractivity contribution in [1.29, 1.82) is 0 Å². The van der Waals surface area contributed by atoms with Gasteiger partial charge in [-0.15, -0.1) is 0 Å². The maximum atomic E-state index is 9.83. The highest BCUT2D eigenvalue weighted by atomic mass is 35.5. The zero-order valence-electron chi connectivity index (χ0n) is 8.54. The van der Waals surface area contributed by atoms with Gasteiger partial charge in [0, 0.05) is 25.2 Å². The molecule has 0 saturated heterocycles. The molecular weight excluding hydrogens is 235 g/mol. The van der Waals surface area contributed by atoms with E-state index in [-0.39, 0.29) is 0 Å². The van der Waals surface area contributed by atoms with Gasteiger partial charge in [0.05, 0.1) is 16.1 Å². The minimum Gasteiger partial charge on any atom is -0.388 e. The first kappa shape index (κ1) is 12.8. The molecule has 0 heterocycles. The van der Waals surface area contributed by atoms with Gasteiger partial charge in [0.25, 0.3) is 0 Å². The summed E-state index contributed by atoms with van der Waals surface area (Å²) in [6.45, 7) is 3.08. The lowest BCUT2D eigenvalue weighted by molar-refractivity contribution is 0.0886. The number of aliphatic hydroxyl groups excluding tert-OH is 1. The van der Waals surface area contributed by atoms with Crippen LogP contribution in [0.15, 0.2) is 18.2 Å². The van der Waals surface area contributed by atoms with Gasteiger partial charge < -0.3 is 9.84 Å². The molecule has 1 atom stereocenters. The molecule has 4 heteroatoms. The number of halogens is 2. The zero-order chi connectivity index (χ0) is 11.3. The third-order valence-corrected chi connectivity index (χ3v) is 2.91. The summed E-state index contributed by atoms with van der Waals surface area (Å²) in [5.41, 5.74) is 0.656. The van der Waals surface area contributed by atoms with Crippen LogP contribution in [0.4, 0.5) is 0 Å². The van der Waals surface area contributed by atoms with Gasteiger partial charge in [0.1, 0.15) is 0 Å². The minimum absolute atomic E-state index is 0.420. The summed E-state index contributed by atoms with van der Waals surface area (Å²) >= 11 is 11.8. The zero-order valence-corrected chi connectivity index (χ0v) is 10.1. The maximum Gasteiger partial charge on any atom is 0.0826 e. The fourth-order valence-corrected chi connectivity index (χ4v) is 1.71. The molecule has 0 aliphatic carbocycles. The molecule has 1 unspecified atom stereocenters. The predicted molar refractivity (Wildman–Crippen MR) is 62.5 cm³/mol. The molecule has 0 radical (unpaired) electrons. The topological polar surface area (TPSA) is 29.5 Å². The van der Waals surface area contributed by atoms with Gasteiger partial charge in [-0.1, -0.05) is 35.3 Å². The second-order valence-corrected chi connectivity index (χ2v) is 3.93. The summed E-state index contributed by atoms with van der Waals surface area (Å²) in [4.78, 5) is 0. The Labute approximate surface area is 99.8 Å². The first-order chi connectivity index (χ1) is 7.16. The quantitative estimate of drug-likeness (QED) is 0.810. The highest BCUT2D eigenvalue weighted by Gasteiger charge is 2.12. The monoisotopic (exact) mass is 248 g/mol. The Morgan fingerprint density at radius 3 is 2.80 bits per heavy atom. The second-order valence-electron chi connectivity index (χ2n) is 3.14. The molecule has 15 heavy (non-hydrogen) atoms. The molecule has 84 valence electrons. The number of hydrogen-bond donors (Lipinski definition) is 1. The molecule has 0 bridgehead atoms. The van der Waals surface area contributed by atoms with E-state index in [1.54, 1.807) is 18.2 Å². The Kier molecular flexibility index (Phi) is 5.40. The molecule has 0 aliphatic rings. The number of hydrogen-bond acceptors (Lipinski definition) is 2.